The van der Waals surface area contributed by atoms with Gasteiger partial charge < -0.3 is 34.4 Å². The van der Waals surface area contributed by atoms with E-state index in [4.69, 9.17) is 79.6 Å². The van der Waals surface area contributed by atoms with Crippen molar-refractivity contribution in [3.63, 3.8) is 0 Å². The molecular weight excluding hydrogens is 1690 g/mol. The van der Waals surface area contributed by atoms with E-state index in [0.717, 1.165) is 34.5 Å². The Balaban J connectivity index is 0.000000163. The van der Waals surface area contributed by atoms with Crippen LogP contribution in [0.4, 0.5) is 34.1 Å². The molecule has 6 aromatic carbocycles. The summed E-state index contributed by atoms with van der Waals surface area (Å²) in [5.74, 6) is -15.5. The maximum absolute atomic E-state index is 13.3. The van der Waals surface area contributed by atoms with Crippen LogP contribution < -0.4 is 67.8 Å². The van der Waals surface area contributed by atoms with Crippen LogP contribution in [0.3, 0.4) is 0 Å². The summed E-state index contributed by atoms with van der Waals surface area (Å²) in [6.45, 7) is 0.647. The average Bonchev–Trinajstić information content (AvgIpc) is 0.673. The fraction of sp³-hybridized carbons (Fsp3) is 0.375. The van der Waals surface area contributed by atoms with E-state index >= 15 is 0 Å². The Hall–Kier alpha value is -15.0. The molecule has 6 saturated carbocycles. The zero-order valence-corrected chi connectivity index (χ0v) is 71.3. The second kappa shape index (κ2) is 35.8. The molecule has 2 unspecified atom stereocenters. The van der Waals surface area contributed by atoms with Crippen LogP contribution in [0.1, 0.15) is 237 Å². The van der Waals surface area contributed by atoms with Gasteiger partial charge in [0.15, 0.2) is 34.7 Å². The molecule has 0 amide bonds. The number of aromatic nitrogens is 12. The number of hydrogen-bond donors (Lipinski definition) is 6. The van der Waals surface area contributed by atoms with Crippen molar-refractivity contribution < 1.29 is 103 Å². The second-order valence-electron chi connectivity index (χ2n) is 31.2. The summed E-state index contributed by atoms with van der Waals surface area (Å²) >= 11 is 0. The highest BCUT2D eigenvalue weighted by Crippen LogP contribution is 2.39. The van der Waals surface area contributed by atoms with Crippen LogP contribution in [0.5, 0.6) is 0 Å². The molecule has 6 fully saturated rings. The molecule has 132 heavy (non-hydrogen) atoms. The van der Waals surface area contributed by atoms with E-state index in [-0.39, 0.29) is 134 Å². The predicted octanol–water partition coefficient (Wildman–Crippen LogP) is 7.95. The Morgan fingerprint density at radius 1 is 0.242 bits per heavy atom. The number of anilines is 6. The molecule has 684 valence electrons. The summed E-state index contributed by atoms with van der Waals surface area (Å²) in [5.41, 5.74) is 14.1. The molecule has 18 rings (SSSR count). The van der Waals surface area contributed by atoms with E-state index in [1.807, 2.05) is 0 Å². The summed E-state index contributed by atoms with van der Waals surface area (Å²) in [7, 11) is 0. The first kappa shape index (κ1) is 60.0. The van der Waals surface area contributed by atoms with Gasteiger partial charge in [0, 0.05) is 118 Å². The Labute approximate surface area is 799 Å². The van der Waals surface area contributed by atoms with Crippen molar-refractivity contribution in [3.8, 4) is 0 Å². The van der Waals surface area contributed by atoms with Gasteiger partial charge in [-0.15, -0.1) is 0 Å². The van der Waals surface area contributed by atoms with Gasteiger partial charge in [-0.2, -0.15) is 0 Å². The minimum atomic E-state index is -3.59. The number of hydrogen-bond acceptors (Lipinski definition) is 30. The zero-order valence-electron chi connectivity index (χ0n) is 104. The fourth-order valence-electron chi connectivity index (χ4n) is 15.6. The van der Waals surface area contributed by atoms with Crippen molar-refractivity contribution in [1.29, 1.82) is 0 Å². The molecule has 12 N–H and O–H groups in total. The molecule has 6 heterocycles. The monoisotopic (exact) mass is 1830 g/mol. The van der Waals surface area contributed by atoms with Crippen molar-refractivity contribution in [1.82, 2.24) is 57.3 Å². The molecule has 36 heteroatoms. The van der Waals surface area contributed by atoms with Gasteiger partial charge in [-0.1, -0.05) is 36.4 Å². The molecule has 36 nitrogen and oxygen atoms in total. The molecule has 0 radical (unpaired) electrons. The van der Waals surface area contributed by atoms with Gasteiger partial charge in [0.1, 0.15) is 103 Å². The van der Waals surface area contributed by atoms with Crippen molar-refractivity contribution in [3.05, 3.63) is 206 Å². The Morgan fingerprint density at radius 3 is 0.530 bits per heavy atom. The number of carbonyl (C=O) groups is 12. The van der Waals surface area contributed by atoms with E-state index < -0.39 is 272 Å². The third kappa shape index (κ3) is 16.9. The van der Waals surface area contributed by atoms with Crippen LogP contribution in [0, 0.1) is 41.5 Å². The molecule has 6 aromatic heterocycles. The summed E-state index contributed by atoms with van der Waals surface area (Å²) in [4.78, 5) is 254. The molecule has 0 aliphatic heterocycles. The molecule has 0 bridgehead atoms. The van der Waals surface area contributed by atoms with Crippen molar-refractivity contribution >= 4 is 169 Å². The quantitative estimate of drug-likeness (QED) is 0.0679. The largest absolute Gasteiger partial charge is 0.398 e. The van der Waals surface area contributed by atoms with Crippen LogP contribution in [0.25, 0.3) is 65.4 Å². The summed E-state index contributed by atoms with van der Waals surface area (Å²) < 4.78 is 270. The maximum Gasteiger partial charge on any atom is 0.264 e. The third-order valence-electron chi connectivity index (χ3n) is 22.2. The molecule has 0 saturated heterocycles. The van der Waals surface area contributed by atoms with Crippen molar-refractivity contribution in [2.75, 3.05) is 34.4 Å². The highest BCUT2D eigenvalue weighted by molar-refractivity contribution is 6.10. The van der Waals surface area contributed by atoms with E-state index in [1.54, 1.807) is 36.4 Å². The lowest BCUT2D eigenvalue weighted by Crippen LogP contribution is -2.49. The fourth-order valence-corrected chi connectivity index (χ4v) is 15.6. The SMILES string of the molecule is [2H]C([2H])([2H])C1(n2c(C)nc3cccc(N)c3c2=O)C(=O)CC(=O)C([2H])([2H])C1([2H])[2H].[2H]C1([2H])C(=O)CC(=O)C(C)(n2c(C)nc3cccc(N)c3c2=O)C1([2H])[2H].[2H]C1([2H])C(=O)CC(=O)[C@@](C)(n2c(C)nc3cccc(N)c3c2=O)C1([2H])[2H].[2H]C1([2H])C(=O)CC(=O)[C@@](n2c(C)nc3cccc(N)c3c2=O)(C([2H])([2H])[2H])C1([2H])[2H].[2H]C1([2H])C(=O)CC(=O)[C@](C)(n2c(C)nc3cccc(N)c3c2=O)C1([2H])[2H].[2H]C1([2H])C(=O)CC(=O)[C@](n2c(C)nc3cccc(N)c3c2=O)(C([2H])([2H])[2H])C1([2H])[2H]. The molecule has 6 atom stereocenters. The summed E-state index contributed by atoms with van der Waals surface area (Å²) in [6, 6.07) is 26.9. The number of nitrogens with two attached hydrogens (primary N) is 6. The average molecular weight is 1830 g/mol. The van der Waals surface area contributed by atoms with Crippen LogP contribution in [-0.4, -0.2) is 127 Å². The number of aryl methyl sites for hydroxylation is 6. The first-order valence-electron chi connectivity index (χ1n) is 56.1. The number of carbonyl (C=O) groups excluding carboxylic acids is 12. The van der Waals surface area contributed by atoms with Gasteiger partial charge in [-0.3, -0.25) is 114 Å². The minimum absolute atomic E-state index is 0.0142. The van der Waals surface area contributed by atoms with Crippen LogP contribution in [-0.2, 0) is 90.8 Å². The van der Waals surface area contributed by atoms with Gasteiger partial charge >= 0.3 is 0 Å². The number of rotatable bonds is 6. The highest BCUT2D eigenvalue weighted by Gasteiger charge is 2.48. The van der Waals surface area contributed by atoms with Gasteiger partial charge in [0.05, 0.1) is 104 Å². The molecule has 6 aliphatic carbocycles. The Kier molecular flexibility index (Phi) is 16.3. The summed E-state index contributed by atoms with van der Waals surface area (Å²) in [5, 5.41) is -0.658. The zero-order chi connectivity index (χ0) is 125. The van der Waals surface area contributed by atoms with Crippen molar-refractivity contribution in [2.24, 2.45) is 0 Å². The first-order chi connectivity index (χ1) is 75.0. The minimum Gasteiger partial charge on any atom is -0.398 e. The Bertz CT molecular complexity index is 8310. The van der Waals surface area contributed by atoms with Crippen LogP contribution in [0.2, 0.25) is 0 Å². The second-order valence-corrected chi connectivity index (χ2v) is 31.2. The van der Waals surface area contributed by atoms with Crippen LogP contribution >= 0.6 is 0 Å². The third-order valence-corrected chi connectivity index (χ3v) is 22.2. The molecular formula is C96H102N18O18. The lowest BCUT2D eigenvalue weighted by Gasteiger charge is -2.34. The van der Waals surface area contributed by atoms with Gasteiger partial charge in [0.25, 0.3) is 33.4 Å². The Morgan fingerprint density at radius 2 is 0.379 bits per heavy atom. The number of ketones is 12. The summed E-state index contributed by atoms with van der Waals surface area (Å²) in [6.07, 6.45) is -44.5. The normalized spacial score (nSPS) is 30.8. The van der Waals surface area contributed by atoms with Crippen LogP contribution in [0.15, 0.2) is 138 Å². The van der Waals surface area contributed by atoms with Gasteiger partial charge in [-0.25, -0.2) is 29.9 Å². The van der Waals surface area contributed by atoms with Crippen molar-refractivity contribution in [2.45, 2.75) is 231 Å². The smallest absolute Gasteiger partial charge is 0.264 e. The van der Waals surface area contributed by atoms with E-state index in [2.05, 4.69) is 29.9 Å². The van der Waals surface area contributed by atoms with Gasteiger partial charge in [-0.05, 0) is 194 Å². The van der Waals surface area contributed by atoms with E-state index in [0.29, 0.717) is 13.7 Å². The predicted molar refractivity (Wildman–Crippen MR) is 496 cm³/mol. The number of nitrogen functional groups attached to an aromatic ring is 6. The highest BCUT2D eigenvalue weighted by atomic mass is 16.2. The van der Waals surface area contributed by atoms with E-state index in [9.17, 15) is 86.3 Å². The molecule has 0 spiro atoms. The number of nitrogens with zero attached hydrogens (tertiary/aromatic N) is 12. The lowest BCUT2D eigenvalue weighted by molar-refractivity contribution is -0.138. The molecule has 12 aromatic rings. The van der Waals surface area contributed by atoms with E-state index in [1.165, 1.54) is 114 Å². The van der Waals surface area contributed by atoms with Gasteiger partial charge in [0.2, 0.25) is 0 Å². The number of Topliss-reactive ketones (excluding diaryl/α,β-unsaturated/α-hetero) is 12. The lowest BCUT2D eigenvalue weighted by atomic mass is 9.81. The first-order valence-corrected chi connectivity index (χ1v) is 39.6. The number of benzene rings is 6. The number of fused-ring (bicyclic) bond motifs is 6. The standard InChI is InChI=1S/6C16H17N3O3/c6*1-9-18-12-5-3-4-11(17)14(12)15(22)19(9)16(2)7-6-10(20)8-13(16)21/h6*3-5H,6-8,17H2,1-2H3/t4*16-;;/m1100../s1/i2D3,6D2,7D2;6D2,7D2;2D3,6D2,7D2;6D2,7D2;2D3,6D2,7D2;6D2,7D2. The maximum atomic E-state index is 13.3. The molecule has 6 aliphatic rings. The topological polar surface area (TPSA) is 570 Å².